The molecule has 0 saturated heterocycles. The fourth-order valence-corrected chi connectivity index (χ4v) is 1.71. The highest BCUT2D eigenvalue weighted by molar-refractivity contribution is 5.52. The number of rotatable bonds is 5. The van der Waals surface area contributed by atoms with E-state index in [2.05, 4.69) is 20.5 Å². The molecule has 0 unspecified atom stereocenters. The Morgan fingerprint density at radius 3 is 2.68 bits per heavy atom. The predicted octanol–water partition coefficient (Wildman–Crippen LogP) is 2.87. The molecule has 0 radical (unpaired) electrons. The van der Waals surface area contributed by atoms with Crippen molar-refractivity contribution in [2.75, 3.05) is 11.9 Å². The van der Waals surface area contributed by atoms with Crippen LogP contribution in [0, 0.1) is 0 Å². The number of nitrogens with zero attached hydrogens (tertiary/aromatic N) is 2. The summed E-state index contributed by atoms with van der Waals surface area (Å²) in [6.07, 6.45) is -1.63. The third-order valence-corrected chi connectivity index (χ3v) is 2.60. The fourth-order valence-electron chi connectivity index (χ4n) is 1.71. The first-order chi connectivity index (χ1) is 9.07. The molecule has 0 aliphatic rings. The maximum Gasteiger partial charge on any atom is 0.418 e. The van der Waals surface area contributed by atoms with Gasteiger partial charge < -0.3 is 5.32 Å². The van der Waals surface area contributed by atoms with Crippen LogP contribution in [0.15, 0.2) is 30.6 Å². The summed E-state index contributed by atoms with van der Waals surface area (Å²) >= 11 is 0. The second-order valence-corrected chi connectivity index (χ2v) is 4.01. The quantitative estimate of drug-likeness (QED) is 0.821. The largest absolute Gasteiger partial charge is 0.418 e. The molecular weight excluding hydrogens is 257 g/mol. The zero-order valence-electron chi connectivity index (χ0n) is 10.0. The third kappa shape index (κ3) is 3.70. The normalized spacial score (nSPS) is 11.5. The topological polar surface area (TPSA) is 53.6 Å². The number of anilines is 1. The molecule has 0 fully saturated rings. The van der Waals surface area contributed by atoms with Gasteiger partial charge in [-0.1, -0.05) is 12.1 Å². The van der Waals surface area contributed by atoms with Gasteiger partial charge in [-0.25, -0.2) is 4.98 Å². The van der Waals surface area contributed by atoms with E-state index in [0.29, 0.717) is 19.4 Å². The Morgan fingerprint density at radius 1 is 1.21 bits per heavy atom. The second-order valence-electron chi connectivity index (χ2n) is 4.01. The van der Waals surface area contributed by atoms with Gasteiger partial charge in [0.2, 0.25) is 0 Å². The van der Waals surface area contributed by atoms with Gasteiger partial charge in [-0.2, -0.15) is 18.3 Å². The summed E-state index contributed by atoms with van der Waals surface area (Å²) < 4.78 is 38.2. The maximum atomic E-state index is 12.7. The Kier molecular flexibility index (Phi) is 4.03. The molecule has 7 heteroatoms. The van der Waals surface area contributed by atoms with Crippen molar-refractivity contribution in [3.63, 3.8) is 0 Å². The summed E-state index contributed by atoms with van der Waals surface area (Å²) in [5, 5.41) is 9.20. The van der Waals surface area contributed by atoms with E-state index in [1.54, 1.807) is 6.07 Å². The molecule has 2 N–H and O–H groups in total. The van der Waals surface area contributed by atoms with E-state index >= 15 is 0 Å². The number of alkyl halides is 3. The van der Waals surface area contributed by atoms with Crippen LogP contribution >= 0.6 is 0 Å². The van der Waals surface area contributed by atoms with Gasteiger partial charge >= 0.3 is 6.18 Å². The molecule has 2 aromatic rings. The second kappa shape index (κ2) is 5.73. The molecule has 4 nitrogen and oxygen atoms in total. The predicted molar refractivity (Wildman–Crippen MR) is 64.6 cm³/mol. The number of para-hydroxylation sites is 1. The van der Waals surface area contributed by atoms with Gasteiger partial charge in [0, 0.05) is 18.7 Å². The Morgan fingerprint density at radius 2 is 2.00 bits per heavy atom. The van der Waals surface area contributed by atoms with E-state index in [0.717, 1.165) is 11.9 Å². The van der Waals surface area contributed by atoms with E-state index in [1.807, 2.05) is 0 Å². The van der Waals surface area contributed by atoms with Crippen LogP contribution in [0.3, 0.4) is 0 Å². The Balaban J connectivity index is 1.89. The van der Waals surface area contributed by atoms with Crippen LogP contribution in [0.4, 0.5) is 18.9 Å². The summed E-state index contributed by atoms with van der Waals surface area (Å²) in [6.45, 7) is 0.438. The van der Waals surface area contributed by atoms with Gasteiger partial charge in [0.15, 0.2) is 0 Å². The number of H-pyrrole nitrogens is 1. The fraction of sp³-hybridized carbons (Fsp3) is 0.333. The van der Waals surface area contributed by atoms with Crippen molar-refractivity contribution in [3.05, 3.63) is 42.0 Å². The number of benzene rings is 1. The molecule has 0 saturated carbocycles. The van der Waals surface area contributed by atoms with Gasteiger partial charge in [-0.3, -0.25) is 5.10 Å². The van der Waals surface area contributed by atoms with Crippen molar-refractivity contribution < 1.29 is 13.2 Å². The van der Waals surface area contributed by atoms with Crippen LogP contribution in [0.1, 0.15) is 17.8 Å². The molecule has 1 heterocycles. The van der Waals surface area contributed by atoms with Gasteiger partial charge in [0.1, 0.15) is 12.2 Å². The van der Waals surface area contributed by atoms with Crippen LogP contribution in [0.2, 0.25) is 0 Å². The maximum absolute atomic E-state index is 12.7. The lowest BCUT2D eigenvalue weighted by Crippen LogP contribution is -2.12. The van der Waals surface area contributed by atoms with Crippen molar-refractivity contribution >= 4 is 5.69 Å². The number of aromatic nitrogens is 3. The minimum atomic E-state index is -4.34. The van der Waals surface area contributed by atoms with E-state index in [-0.39, 0.29) is 5.69 Å². The van der Waals surface area contributed by atoms with Crippen molar-refractivity contribution in [1.82, 2.24) is 15.2 Å². The Hall–Kier alpha value is -2.05. The molecule has 0 amide bonds. The molecule has 19 heavy (non-hydrogen) atoms. The van der Waals surface area contributed by atoms with E-state index in [4.69, 9.17) is 0 Å². The number of hydrogen-bond donors (Lipinski definition) is 2. The first-order valence-corrected chi connectivity index (χ1v) is 5.82. The highest BCUT2D eigenvalue weighted by Crippen LogP contribution is 2.34. The zero-order valence-corrected chi connectivity index (χ0v) is 10.0. The molecule has 0 atom stereocenters. The number of hydrogen-bond acceptors (Lipinski definition) is 3. The minimum Gasteiger partial charge on any atom is -0.385 e. The summed E-state index contributed by atoms with van der Waals surface area (Å²) in [6, 6.07) is 5.45. The summed E-state index contributed by atoms with van der Waals surface area (Å²) in [7, 11) is 0. The highest BCUT2D eigenvalue weighted by atomic mass is 19.4. The smallest absolute Gasteiger partial charge is 0.385 e. The Labute approximate surface area is 108 Å². The molecular formula is C12H13F3N4. The van der Waals surface area contributed by atoms with E-state index in [9.17, 15) is 13.2 Å². The number of aromatic amines is 1. The van der Waals surface area contributed by atoms with Gasteiger partial charge in [0.05, 0.1) is 5.56 Å². The molecule has 1 aromatic heterocycles. The number of aryl methyl sites for hydroxylation is 1. The lowest BCUT2D eigenvalue weighted by molar-refractivity contribution is -0.136. The third-order valence-electron chi connectivity index (χ3n) is 2.60. The average molecular weight is 270 g/mol. The lowest BCUT2D eigenvalue weighted by atomic mass is 10.1. The van der Waals surface area contributed by atoms with Crippen molar-refractivity contribution in [1.29, 1.82) is 0 Å². The molecule has 0 bridgehead atoms. The molecule has 0 aliphatic heterocycles. The molecule has 0 aliphatic carbocycles. The SMILES string of the molecule is FC(F)(F)c1ccccc1NCCCc1ncn[nH]1. The molecule has 2 rings (SSSR count). The first kappa shape index (κ1) is 13.4. The van der Waals surface area contributed by atoms with Crippen LogP contribution in [0.5, 0.6) is 0 Å². The van der Waals surface area contributed by atoms with Crippen molar-refractivity contribution in [2.24, 2.45) is 0 Å². The van der Waals surface area contributed by atoms with Crippen LogP contribution in [-0.2, 0) is 12.6 Å². The number of halogens is 3. The lowest BCUT2D eigenvalue weighted by Gasteiger charge is -2.13. The van der Waals surface area contributed by atoms with Crippen LogP contribution in [0.25, 0.3) is 0 Å². The average Bonchev–Trinajstić information content (AvgIpc) is 2.87. The Bertz CT molecular complexity index is 508. The summed E-state index contributed by atoms with van der Waals surface area (Å²) in [5.74, 6) is 0.728. The highest BCUT2D eigenvalue weighted by Gasteiger charge is 2.32. The van der Waals surface area contributed by atoms with Crippen molar-refractivity contribution in [2.45, 2.75) is 19.0 Å². The van der Waals surface area contributed by atoms with Gasteiger partial charge in [0.25, 0.3) is 0 Å². The molecule has 102 valence electrons. The van der Waals surface area contributed by atoms with Gasteiger partial charge in [-0.15, -0.1) is 0 Å². The van der Waals surface area contributed by atoms with Crippen molar-refractivity contribution in [3.8, 4) is 0 Å². The first-order valence-electron chi connectivity index (χ1n) is 5.82. The van der Waals surface area contributed by atoms with E-state index < -0.39 is 11.7 Å². The zero-order chi connectivity index (χ0) is 13.7. The standard InChI is InChI=1S/C12H13F3N4/c13-12(14,15)9-4-1-2-5-10(9)16-7-3-6-11-17-8-18-19-11/h1-2,4-5,8,16H,3,6-7H2,(H,17,18,19). The monoisotopic (exact) mass is 270 g/mol. The molecule has 0 spiro atoms. The minimum absolute atomic E-state index is 0.104. The van der Waals surface area contributed by atoms with Crippen LogP contribution < -0.4 is 5.32 Å². The summed E-state index contributed by atoms with van der Waals surface area (Å²) in [4.78, 5) is 3.94. The number of nitrogens with one attached hydrogen (secondary N) is 2. The van der Waals surface area contributed by atoms with Gasteiger partial charge in [-0.05, 0) is 18.6 Å². The molecule has 1 aromatic carbocycles. The summed E-state index contributed by atoms with van der Waals surface area (Å²) in [5.41, 5.74) is -0.540. The van der Waals surface area contributed by atoms with E-state index in [1.165, 1.54) is 18.5 Å². The van der Waals surface area contributed by atoms with Crippen LogP contribution in [-0.4, -0.2) is 21.7 Å².